The van der Waals surface area contributed by atoms with Crippen molar-refractivity contribution in [2.24, 2.45) is 0 Å². The SMILES string of the molecule is COC/C=C/C(=O)N1CCN(c2ncnc3c(F)c(-c4cccc5ccc(F)c(Cl)c45)ncc23)C[C@@H]1CC#N. The van der Waals surface area contributed by atoms with Gasteiger partial charge in [0.1, 0.15) is 29.2 Å². The number of benzene rings is 2. The van der Waals surface area contributed by atoms with E-state index in [0.29, 0.717) is 53.8 Å². The van der Waals surface area contributed by atoms with Gasteiger partial charge in [-0.1, -0.05) is 41.9 Å². The number of piperazine rings is 1. The first kappa shape index (κ1) is 26.4. The molecule has 2 aromatic carbocycles. The Labute approximate surface area is 228 Å². The average Bonchev–Trinajstić information content (AvgIpc) is 2.95. The van der Waals surface area contributed by atoms with Crippen molar-refractivity contribution in [2.75, 3.05) is 38.3 Å². The smallest absolute Gasteiger partial charge is 0.246 e. The van der Waals surface area contributed by atoms with E-state index in [-0.39, 0.29) is 28.6 Å². The Morgan fingerprint density at radius 3 is 2.87 bits per heavy atom. The van der Waals surface area contributed by atoms with Crippen LogP contribution in [0.15, 0.2) is 55.0 Å². The van der Waals surface area contributed by atoms with Crippen LogP contribution in [0.5, 0.6) is 0 Å². The molecule has 8 nitrogen and oxygen atoms in total. The molecule has 4 aromatic rings. The summed E-state index contributed by atoms with van der Waals surface area (Å²) >= 11 is 6.27. The van der Waals surface area contributed by atoms with Crippen LogP contribution in [0.1, 0.15) is 6.42 Å². The van der Waals surface area contributed by atoms with Crippen molar-refractivity contribution in [3.8, 4) is 17.3 Å². The number of rotatable bonds is 6. The molecule has 0 spiro atoms. The van der Waals surface area contributed by atoms with Gasteiger partial charge < -0.3 is 14.5 Å². The van der Waals surface area contributed by atoms with Crippen LogP contribution in [-0.4, -0.2) is 65.2 Å². The number of nitrogens with zero attached hydrogens (tertiary/aromatic N) is 6. The van der Waals surface area contributed by atoms with Crippen LogP contribution < -0.4 is 4.90 Å². The summed E-state index contributed by atoms with van der Waals surface area (Å²) < 4.78 is 35.2. The van der Waals surface area contributed by atoms with Gasteiger partial charge in [-0.05, 0) is 11.5 Å². The van der Waals surface area contributed by atoms with E-state index in [1.165, 1.54) is 31.8 Å². The Kier molecular flexibility index (Phi) is 7.63. The van der Waals surface area contributed by atoms with Gasteiger partial charge in [-0.3, -0.25) is 9.78 Å². The summed E-state index contributed by atoms with van der Waals surface area (Å²) in [6.07, 6.45) is 5.94. The number of ether oxygens (including phenoxy) is 1. The summed E-state index contributed by atoms with van der Waals surface area (Å²) in [5, 5.41) is 10.7. The van der Waals surface area contributed by atoms with Crippen LogP contribution in [0.2, 0.25) is 5.02 Å². The van der Waals surface area contributed by atoms with Gasteiger partial charge in [0, 0.05) is 50.0 Å². The zero-order valence-electron chi connectivity index (χ0n) is 20.9. The monoisotopic (exact) mass is 548 g/mol. The second-order valence-electron chi connectivity index (χ2n) is 9.00. The lowest BCUT2D eigenvalue weighted by Crippen LogP contribution is -2.55. The molecule has 0 bridgehead atoms. The fourth-order valence-electron chi connectivity index (χ4n) is 4.88. The van der Waals surface area contributed by atoms with Crippen molar-refractivity contribution < 1.29 is 18.3 Å². The van der Waals surface area contributed by atoms with Gasteiger partial charge in [0.15, 0.2) is 5.82 Å². The highest BCUT2D eigenvalue weighted by Gasteiger charge is 2.31. The lowest BCUT2D eigenvalue weighted by molar-refractivity contribution is -0.128. The number of anilines is 1. The van der Waals surface area contributed by atoms with Gasteiger partial charge in [-0.15, -0.1) is 0 Å². The number of nitriles is 1. The first-order chi connectivity index (χ1) is 18.9. The van der Waals surface area contributed by atoms with E-state index < -0.39 is 17.7 Å². The first-order valence-electron chi connectivity index (χ1n) is 12.2. The minimum Gasteiger partial charge on any atom is -0.381 e. The molecule has 1 fully saturated rings. The molecule has 198 valence electrons. The maximum Gasteiger partial charge on any atom is 0.246 e. The molecule has 0 N–H and O–H groups in total. The number of fused-ring (bicyclic) bond motifs is 2. The summed E-state index contributed by atoms with van der Waals surface area (Å²) in [5.74, 6) is -1.05. The van der Waals surface area contributed by atoms with Gasteiger partial charge in [-0.2, -0.15) is 5.26 Å². The topological polar surface area (TPSA) is 95.2 Å². The third-order valence-corrected chi connectivity index (χ3v) is 7.08. The second kappa shape index (κ2) is 11.3. The number of methoxy groups -OCH3 is 1. The fraction of sp³-hybridized carbons (Fsp3) is 0.250. The molecule has 5 rings (SSSR count). The van der Waals surface area contributed by atoms with Gasteiger partial charge in [0.2, 0.25) is 5.91 Å². The minimum absolute atomic E-state index is 0.00845. The van der Waals surface area contributed by atoms with E-state index in [1.807, 2.05) is 4.90 Å². The molecule has 39 heavy (non-hydrogen) atoms. The average molecular weight is 549 g/mol. The van der Waals surface area contributed by atoms with Gasteiger partial charge >= 0.3 is 0 Å². The molecule has 0 saturated carbocycles. The normalized spacial score (nSPS) is 15.8. The molecule has 1 saturated heterocycles. The number of halogens is 3. The van der Waals surface area contributed by atoms with E-state index in [4.69, 9.17) is 16.3 Å². The number of amides is 1. The molecule has 3 heterocycles. The standard InChI is InChI=1S/C28H23ClF2N6O2/c1-39-13-3-6-22(38)37-12-11-36(15-18(37)9-10-32)28-20-14-33-26(25(31)27(20)34-16-35-28)19-5-2-4-17-7-8-21(30)24(29)23(17)19/h2-8,14,16,18H,9,11-13,15H2,1H3/b6-3+/t18-/m0/s1. The van der Waals surface area contributed by atoms with Crippen molar-refractivity contribution in [1.82, 2.24) is 19.9 Å². The van der Waals surface area contributed by atoms with Crippen molar-refractivity contribution in [1.29, 1.82) is 5.26 Å². The molecule has 0 unspecified atom stereocenters. The van der Waals surface area contributed by atoms with Gasteiger partial charge in [0.05, 0.1) is 35.5 Å². The summed E-state index contributed by atoms with van der Waals surface area (Å²) in [5.41, 5.74) is 0.387. The Morgan fingerprint density at radius 1 is 1.23 bits per heavy atom. The number of pyridine rings is 1. The minimum atomic E-state index is -0.686. The summed E-state index contributed by atoms with van der Waals surface area (Å²) in [7, 11) is 1.54. The predicted molar refractivity (Wildman–Crippen MR) is 144 cm³/mol. The van der Waals surface area contributed by atoms with Crippen LogP contribution >= 0.6 is 11.6 Å². The van der Waals surface area contributed by atoms with Crippen molar-refractivity contribution in [2.45, 2.75) is 12.5 Å². The maximum atomic E-state index is 16.0. The Morgan fingerprint density at radius 2 is 2.08 bits per heavy atom. The van der Waals surface area contributed by atoms with E-state index >= 15 is 4.39 Å². The van der Waals surface area contributed by atoms with E-state index in [0.717, 1.165) is 0 Å². The van der Waals surface area contributed by atoms with E-state index in [1.54, 1.807) is 35.2 Å². The number of aromatic nitrogens is 3. The number of hydrogen-bond donors (Lipinski definition) is 0. The van der Waals surface area contributed by atoms with Crippen LogP contribution in [-0.2, 0) is 9.53 Å². The molecular weight excluding hydrogens is 526 g/mol. The quantitative estimate of drug-likeness (QED) is 0.316. The highest BCUT2D eigenvalue weighted by molar-refractivity contribution is 6.36. The zero-order valence-corrected chi connectivity index (χ0v) is 21.7. The molecule has 1 atom stereocenters. The molecule has 1 aliphatic heterocycles. The molecule has 0 radical (unpaired) electrons. The number of hydrogen-bond acceptors (Lipinski definition) is 7. The van der Waals surface area contributed by atoms with Crippen LogP contribution in [0.4, 0.5) is 14.6 Å². The van der Waals surface area contributed by atoms with Crippen LogP contribution in [0.3, 0.4) is 0 Å². The molecule has 1 amide bonds. The Balaban J connectivity index is 1.52. The zero-order chi connectivity index (χ0) is 27.5. The third kappa shape index (κ3) is 4.99. The highest BCUT2D eigenvalue weighted by atomic mass is 35.5. The van der Waals surface area contributed by atoms with Crippen molar-refractivity contribution in [3.63, 3.8) is 0 Å². The summed E-state index contributed by atoms with van der Waals surface area (Å²) in [6, 6.07) is 9.72. The Hall–Kier alpha value is -4.20. The number of carbonyl (C=O) groups excluding carboxylic acids is 1. The lowest BCUT2D eigenvalue weighted by Gasteiger charge is -2.41. The van der Waals surface area contributed by atoms with Gasteiger partial charge in [0.25, 0.3) is 0 Å². The molecule has 1 aliphatic rings. The Bertz CT molecular complexity index is 1640. The second-order valence-corrected chi connectivity index (χ2v) is 9.37. The van der Waals surface area contributed by atoms with E-state index in [2.05, 4.69) is 21.0 Å². The first-order valence-corrected chi connectivity index (χ1v) is 12.6. The highest BCUT2D eigenvalue weighted by Crippen LogP contribution is 2.37. The van der Waals surface area contributed by atoms with E-state index in [9.17, 15) is 14.4 Å². The summed E-state index contributed by atoms with van der Waals surface area (Å²) in [4.78, 5) is 29.2. The largest absolute Gasteiger partial charge is 0.381 e. The third-order valence-electron chi connectivity index (χ3n) is 6.71. The van der Waals surface area contributed by atoms with Crippen molar-refractivity contribution in [3.05, 3.63) is 71.7 Å². The fourth-order valence-corrected chi connectivity index (χ4v) is 5.16. The van der Waals surface area contributed by atoms with Gasteiger partial charge in [-0.25, -0.2) is 18.7 Å². The molecule has 0 aliphatic carbocycles. The molecular formula is C28H23ClF2N6O2. The van der Waals surface area contributed by atoms with Crippen molar-refractivity contribution >= 4 is 45.0 Å². The maximum absolute atomic E-state index is 16.0. The predicted octanol–water partition coefficient (Wildman–Crippen LogP) is 4.91. The summed E-state index contributed by atoms with van der Waals surface area (Å²) in [6.45, 7) is 1.40. The van der Waals surface area contributed by atoms with Crippen LogP contribution in [0.25, 0.3) is 32.9 Å². The lowest BCUT2D eigenvalue weighted by atomic mass is 10.0. The molecule has 2 aromatic heterocycles. The number of carbonyl (C=O) groups is 1. The molecule has 11 heteroatoms. The van der Waals surface area contributed by atoms with Crippen LogP contribution in [0, 0.1) is 23.0 Å².